The van der Waals surface area contributed by atoms with Gasteiger partial charge in [0.15, 0.2) is 0 Å². The molecule has 4 rings (SSSR count). The van der Waals surface area contributed by atoms with Crippen LogP contribution in [-0.4, -0.2) is 4.89 Å². The van der Waals surface area contributed by atoms with E-state index in [0.29, 0.717) is 0 Å². The quantitative estimate of drug-likeness (QED) is 0.544. The average molecular weight is 278 g/mol. The largest absolute Gasteiger partial charge is 0.372 e. The summed E-state index contributed by atoms with van der Waals surface area (Å²) < 4.78 is 0. The SMILES string of the molecule is OPc1ccccc1.c1ccc(-c2ccc3cc2-3)cc1. The van der Waals surface area contributed by atoms with Crippen LogP contribution in [0.5, 0.6) is 0 Å². The second-order valence-corrected chi connectivity index (χ2v) is 5.41. The lowest BCUT2D eigenvalue weighted by Gasteiger charge is -1.95. The molecule has 0 fully saturated rings. The van der Waals surface area contributed by atoms with E-state index in [-0.39, 0.29) is 8.81 Å². The molecule has 2 heteroatoms. The monoisotopic (exact) mass is 278 g/mol. The lowest BCUT2D eigenvalue weighted by atomic mass is 10.1. The summed E-state index contributed by atoms with van der Waals surface area (Å²) in [5.74, 6) is 0. The third-order valence-corrected chi connectivity index (χ3v) is 3.83. The number of rotatable bonds is 2. The highest BCUT2D eigenvalue weighted by atomic mass is 31.1. The van der Waals surface area contributed by atoms with Crippen molar-refractivity contribution in [3.05, 3.63) is 78.9 Å². The number of benzene rings is 3. The van der Waals surface area contributed by atoms with Gasteiger partial charge in [0.2, 0.25) is 0 Å². The molecule has 0 aliphatic heterocycles. The fraction of sp³-hybridized carbons (Fsp3) is 0. The standard InChI is InChI=1S/C12H8.C6H7OP/c1-2-4-9(5-3-1)11-7-6-10-8-12(10)11;7-8-6-4-2-1-3-5-6/h1-8H;1-5,7-8H. The van der Waals surface area contributed by atoms with Crippen LogP contribution in [-0.2, 0) is 0 Å². The van der Waals surface area contributed by atoms with Crippen molar-refractivity contribution in [2.75, 3.05) is 0 Å². The van der Waals surface area contributed by atoms with Crippen LogP contribution in [0.4, 0.5) is 0 Å². The Morgan fingerprint density at radius 3 is 1.70 bits per heavy atom. The topological polar surface area (TPSA) is 20.2 Å². The van der Waals surface area contributed by atoms with Gasteiger partial charge in [0.1, 0.15) is 0 Å². The van der Waals surface area contributed by atoms with E-state index in [9.17, 15) is 0 Å². The second-order valence-electron chi connectivity index (χ2n) is 4.60. The maximum Gasteiger partial charge on any atom is 0.0420 e. The van der Waals surface area contributed by atoms with Gasteiger partial charge in [0, 0.05) is 8.81 Å². The fourth-order valence-corrected chi connectivity index (χ4v) is 2.48. The Morgan fingerprint density at radius 2 is 1.25 bits per heavy atom. The van der Waals surface area contributed by atoms with Gasteiger partial charge in [-0.15, -0.1) is 0 Å². The molecule has 1 nitrogen and oxygen atoms in total. The lowest BCUT2D eigenvalue weighted by Crippen LogP contribution is -1.88. The van der Waals surface area contributed by atoms with E-state index in [1.807, 2.05) is 30.3 Å². The number of hydrogen-bond donors (Lipinski definition) is 1. The van der Waals surface area contributed by atoms with Gasteiger partial charge in [-0.3, -0.25) is 0 Å². The number of fused-ring (bicyclic) bond motifs is 1. The molecular formula is C18H15OP. The first-order valence-electron chi connectivity index (χ1n) is 6.53. The molecule has 2 aliphatic carbocycles. The van der Waals surface area contributed by atoms with Gasteiger partial charge in [0.25, 0.3) is 0 Å². The minimum atomic E-state index is -0.0700. The van der Waals surface area contributed by atoms with Crippen LogP contribution in [0.15, 0.2) is 78.9 Å². The Morgan fingerprint density at radius 1 is 0.600 bits per heavy atom. The Bertz CT molecular complexity index is 693. The van der Waals surface area contributed by atoms with Crippen LogP contribution < -0.4 is 5.30 Å². The second kappa shape index (κ2) is 6.00. The molecule has 0 saturated carbocycles. The molecule has 0 spiro atoms. The first kappa shape index (κ1) is 13.1. The number of hydrogen-bond acceptors (Lipinski definition) is 1. The summed E-state index contributed by atoms with van der Waals surface area (Å²) in [6.45, 7) is 0. The molecule has 0 saturated heterocycles. The Hall–Kier alpha value is -1.95. The summed E-state index contributed by atoms with van der Waals surface area (Å²) in [5, 5.41) is 0.993. The highest BCUT2D eigenvalue weighted by molar-refractivity contribution is 7.40. The van der Waals surface area contributed by atoms with Crippen LogP contribution in [0.2, 0.25) is 0 Å². The lowest BCUT2D eigenvalue weighted by molar-refractivity contribution is 0.655. The molecule has 0 aromatic heterocycles. The van der Waals surface area contributed by atoms with Crippen LogP contribution in [0.25, 0.3) is 22.3 Å². The van der Waals surface area contributed by atoms with Crippen LogP contribution in [0.1, 0.15) is 0 Å². The Balaban J connectivity index is 0.000000133. The van der Waals surface area contributed by atoms with Crippen molar-refractivity contribution in [2.24, 2.45) is 0 Å². The van der Waals surface area contributed by atoms with Crippen molar-refractivity contribution in [1.29, 1.82) is 0 Å². The maximum absolute atomic E-state index is 8.57. The third kappa shape index (κ3) is 2.96. The Kier molecular flexibility index (Phi) is 3.92. The van der Waals surface area contributed by atoms with Gasteiger partial charge in [-0.1, -0.05) is 72.8 Å². The molecular weight excluding hydrogens is 263 g/mol. The van der Waals surface area contributed by atoms with E-state index in [2.05, 4.69) is 48.5 Å². The summed E-state index contributed by atoms with van der Waals surface area (Å²) in [6, 6.07) is 26.7. The minimum Gasteiger partial charge on any atom is -0.372 e. The van der Waals surface area contributed by atoms with Gasteiger partial charge in [0.05, 0.1) is 0 Å². The molecule has 2 aliphatic rings. The van der Waals surface area contributed by atoms with Crippen LogP contribution >= 0.6 is 8.81 Å². The van der Waals surface area contributed by atoms with E-state index in [4.69, 9.17) is 4.89 Å². The van der Waals surface area contributed by atoms with Crippen molar-refractivity contribution in [3.63, 3.8) is 0 Å². The van der Waals surface area contributed by atoms with Crippen LogP contribution in [0.3, 0.4) is 0 Å². The normalized spacial score (nSPS) is 11.1. The van der Waals surface area contributed by atoms with Crippen molar-refractivity contribution >= 4 is 14.1 Å². The molecule has 2 aromatic rings. The molecule has 0 radical (unpaired) electrons. The van der Waals surface area contributed by atoms with Crippen LogP contribution in [0, 0.1) is 0 Å². The summed E-state index contributed by atoms with van der Waals surface area (Å²) in [5.41, 5.74) is 5.55. The van der Waals surface area contributed by atoms with Crippen molar-refractivity contribution < 1.29 is 4.89 Å². The Labute approximate surface area is 120 Å². The molecule has 20 heavy (non-hydrogen) atoms. The summed E-state index contributed by atoms with van der Waals surface area (Å²) in [7, 11) is -0.0700. The molecule has 0 heterocycles. The van der Waals surface area contributed by atoms with Crippen molar-refractivity contribution in [1.82, 2.24) is 0 Å². The molecule has 1 atom stereocenters. The van der Waals surface area contributed by atoms with Crippen molar-refractivity contribution in [2.45, 2.75) is 0 Å². The summed E-state index contributed by atoms with van der Waals surface area (Å²) >= 11 is 0. The summed E-state index contributed by atoms with van der Waals surface area (Å²) in [6.07, 6.45) is 0. The van der Waals surface area contributed by atoms with Gasteiger partial charge < -0.3 is 4.89 Å². The van der Waals surface area contributed by atoms with Gasteiger partial charge in [-0.05, 0) is 33.6 Å². The summed E-state index contributed by atoms with van der Waals surface area (Å²) in [4.78, 5) is 8.57. The predicted molar refractivity (Wildman–Crippen MR) is 87.5 cm³/mol. The first-order chi connectivity index (χ1) is 9.88. The first-order valence-corrected chi connectivity index (χ1v) is 7.48. The zero-order valence-corrected chi connectivity index (χ0v) is 12.0. The van der Waals surface area contributed by atoms with E-state index in [1.54, 1.807) is 0 Å². The highest BCUT2D eigenvalue weighted by Crippen LogP contribution is 2.43. The molecule has 2 aromatic carbocycles. The van der Waals surface area contributed by atoms with E-state index < -0.39 is 0 Å². The van der Waals surface area contributed by atoms with E-state index in [0.717, 1.165) is 5.30 Å². The molecule has 0 amide bonds. The maximum atomic E-state index is 8.57. The minimum absolute atomic E-state index is 0.0700. The molecule has 98 valence electrons. The third-order valence-electron chi connectivity index (χ3n) is 3.23. The smallest absolute Gasteiger partial charge is 0.0420 e. The van der Waals surface area contributed by atoms with Gasteiger partial charge >= 0.3 is 0 Å². The predicted octanol–water partition coefficient (Wildman–Crippen LogP) is 4.23. The molecule has 1 N–H and O–H groups in total. The molecule has 0 bridgehead atoms. The van der Waals surface area contributed by atoms with Gasteiger partial charge in [-0.25, -0.2) is 0 Å². The molecule has 1 unspecified atom stereocenters. The van der Waals surface area contributed by atoms with Crippen molar-refractivity contribution in [3.8, 4) is 22.3 Å². The zero-order valence-electron chi connectivity index (χ0n) is 11.0. The highest BCUT2D eigenvalue weighted by Gasteiger charge is 2.17. The zero-order chi connectivity index (χ0) is 13.8. The average Bonchev–Trinajstić information content (AvgIpc) is 3.20. The van der Waals surface area contributed by atoms with E-state index in [1.165, 1.54) is 22.3 Å². The van der Waals surface area contributed by atoms with E-state index >= 15 is 0 Å². The van der Waals surface area contributed by atoms with Gasteiger partial charge in [-0.2, -0.15) is 0 Å². The fourth-order valence-electron chi connectivity index (χ4n) is 2.14.